The quantitative estimate of drug-likeness (QED) is 0.346. The molecule has 204 valence electrons. The molecule has 10 heteroatoms. The summed E-state index contributed by atoms with van der Waals surface area (Å²) in [4.78, 5) is 28.2. The number of amides is 2. The van der Waals surface area contributed by atoms with Gasteiger partial charge in [0.2, 0.25) is 5.91 Å². The number of ether oxygens (including phenoxy) is 2. The minimum atomic E-state index is -1.14. The van der Waals surface area contributed by atoms with Gasteiger partial charge in [-0.15, -0.1) is 0 Å². The van der Waals surface area contributed by atoms with E-state index in [4.69, 9.17) is 9.47 Å². The van der Waals surface area contributed by atoms with Crippen LogP contribution in [0.1, 0.15) is 24.8 Å². The molecular weight excluding hydrogens is 606 g/mol. The van der Waals surface area contributed by atoms with Crippen LogP contribution in [0.25, 0.3) is 0 Å². The lowest BCUT2D eigenvalue weighted by molar-refractivity contribution is -0.148. The van der Waals surface area contributed by atoms with Gasteiger partial charge in [0.25, 0.3) is 5.91 Å². The summed E-state index contributed by atoms with van der Waals surface area (Å²) in [7, 11) is 0. The normalized spacial score (nSPS) is 23.0. The first-order valence-electron chi connectivity index (χ1n) is 12.7. The number of para-hydroxylation sites is 1. The Labute approximate surface area is 235 Å². The van der Waals surface area contributed by atoms with Gasteiger partial charge in [0.05, 0.1) is 16.2 Å². The topological polar surface area (TPSA) is 108 Å². The SMILES string of the molecule is O=C(NCCO)C1=CC(Oc2ccccc2I)C(O)C(N(CCc2cccc(F)c2)C(=O)C2CCCO2)C1. The van der Waals surface area contributed by atoms with Crippen molar-refractivity contribution in [2.45, 2.75) is 50.0 Å². The standard InChI is InChI=1S/C28H32FIN2O6/c29-20-6-3-5-18(15-20)10-12-32(28(36)24-9-4-14-37-24)22-16-19(27(35)31-11-13-33)17-25(26(22)34)38-23-8-2-1-7-21(23)30/h1-3,5-8,15,17,22,24-26,33-34H,4,9-14,16H2,(H,31,35). The molecule has 0 bridgehead atoms. The maximum atomic E-state index is 13.8. The van der Waals surface area contributed by atoms with Crippen LogP contribution in [0.5, 0.6) is 5.75 Å². The zero-order chi connectivity index (χ0) is 27.1. The van der Waals surface area contributed by atoms with Crippen LogP contribution in [-0.2, 0) is 20.7 Å². The molecule has 4 unspecified atom stereocenters. The smallest absolute Gasteiger partial charge is 0.252 e. The maximum Gasteiger partial charge on any atom is 0.252 e. The lowest BCUT2D eigenvalue weighted by Gasteiger charge is -2.41. The highest BCUT2D eigenvalue weighted by Crippen LogP contribution is 2.31. The van der Waals surface area contributed by atoms with Crippen molar-refractivity contribution >= 4 is 34.4 Å². The fourth-order valence-corrected chi connectivity index (χ4v) is 5.32. The van der Waals surface area contributed by atoms with Crippen molar-refractivity contribution in [1.82, 2.24) is 10.2 Å². The molecule has 4 rings (SSSR count). The molecule has 1 saturated heterocycles. The number of aliphatic hydroxyl groups is 2. The molecule has 4 atom stereocenters. The van der Waals surface area contributed by atoms with Gasteiger partial charge >= 0.3 is 0 Å². The third-order valence-electron chi connectivity index (χ3n) is 6.73. The molecule has 1 aliphatic heterocycles. The first-order chi connectivity index (χ1) is 18.4. The lowest BCUT2D eigenvalue weighted by Crippen LogP contribution is -2.57. The number of hydrogen-bond acceptors (Lipinski definition) is 6. The molecule has 1 aliphatic carbocycles. The van der Waals surface area contributed by atoms with E-state index in [0.717, 1.165) is 9.99 Å². The Hall–Kier alpha value is -2.54. The molecule has 1 fully saturated rings. The van der Waals surface area contributed by atoms with Gasteiger partial charge < -0.3 is 29.9 Å². The molecular formula is C28H32FIN2O6. The lowest BCUT2D eigenvalue weighted by atomic mass is 9.87. The number of carbonyl (C=O) groups is 2. The Morgan fingerprint density at radius 3 is 2.74 bits per heavy atom. The average molecular weight is 638 g/mol. The minimum absolute atomic E-state index is 0.0730. The van der Waals surface area contributed by atoms with Gasteiger partial charge in [0, 0.05) is 31.7 Å². The van der Waals surface area contributed by atoms with Crippen molar-refractivity contribution in [1.29, 1.82) is 0 Å². The monoisotopic (exact) mass is 638 g/mol. The molecule has 0 radical (unpaired) electrons. The molecule has 2 aromatic carbocycles. The van der Waals surface area contributed by atoms with Crippen molar-refractivity contribution in [2.24, 2.45) is 0 Å². The summed E-state index contributed by atoms with van der Waals surface area (Å²) >= 11 is 2.13. The number of hydrogen-bond donors (Lipinski definition) is 3. The molecule has 1 heterocycles. The Balaban J connectivity index is 1.64. The second-order valence-electron chi connectivity index (χ2n) is 9.36. The Morgan fingerprint density at radius 2 is 2.03 bits per heavy atom. The van der Waals surface area contributed by atoms with Crippen LogP contribution < -0.4 is 10.1 Å². The zero-order valence-corrected chi connectivity index (χ0v) is 23.1. The Morgan fingerprint density at radius 1 is 1.21 bits per heavy atom. The fraction of sp³-hybridized carbons (Fsp3) is 0.429. The summed E-state index contributed by atoms with van der Waals surface area (Å²) < 4.78 is 26.5. The third kappa shape index (κ3) is 7.10. The largest absolute Gasteiger partial charge is 0.482 e. The highest BCUT2D eigenvalue weighted by Gasteiger charge is 2.42. The summed E-state index contributed by atoms with van der Waals surface area (Å²) in [6.45, 7) is 0.535. The zero-order valence-electron chi connectivity index (χ0n) is 20.9. The van der Waals surface area contributed by atoms with Crippen molar-refractivity contribution in [3.63, 3.8) is 0 Å². The van der Waals surface area contributed by atoms with E-state index in [2.05, 4.69) is 27.9 Å². The number of halogens is 2. The minimum Gasteiger partial charge on any atom is -0.482 e. The van der Waals surface area contributed by atoms with Gasteiger partial charge in [-0.25, -0.2) is 4.39 Å². The summed E-state index contributed by atoms with van der Waals surface area (Å²) in [6, 6.07) is 12.7. The summed E-state index contributed by atoms with van der Waals surface area (Å²) in [5.41, 5.74) is 1.06. The fourth-order valence-electron chi connectivity index (χ4n) is 4.81. The number of benzene rings is 2. The molecule has 2 amide bonds. The van der Waals surface area contributed by atoms with E-state index in [1.807, 2.05) is 18.2 Å². The predicted molar refractivity (Wildman–Crippen MR) is 147 cm³/mol. The van der Waals surface area contributed by atoms with Gasteiger partial charge in [-0.2, -0.15) is 0 Å². The van der Waals surface area contributed by atoms with E-state index in [1.165, 1.54) is 12.1 Å². The first-order valence-corrected chi connectivity index (χ1v) is 13.8. The molecule has 2 aromatic rings. The highest BCUT2D eigenvalue weighted by atomic mass is 127. The van der Waals surface area contributed by atoms with Crippen LogP contribution in [0.4, 0.5) is 4.39 Å². The molecule has 8 nitrogen and oxygen atoms in total. The van der Waals surface area contributed by atoms with Crippen LogP contribution in [0, 0.1) is 9.39 Å². The second kappa shape index (κ2) is 13.5. The molecule has 38 heavy (non-hydrogen) atoms. The highest BCUT2D eigenvalue weighted by molar-refractivity contribution is 14.1. The van der Waals surface area contributed by atoms with Crippen LogP contribution in [0.15, 0.2) is 60.2 Å². The molecule has 0 aromatic heterocycles. The molecule has 3 N–H and O–H groups in total. The summed E-state index contributed by atoms with van der Waals surface area (Å²) in [5, 5.41) is 23.3. The van der Waals surface area contributed by atoms with Crippen LogP contribution >= 0.6 is 22.6 Å². The van der Waals surface area contributed by atoms with Crippen molar-refractivity contribution in [2.75, 3.05) is 26.3 Å². The Kier molecular flexibility index (Phi) is 10.1. The second-order valence-corrected chi connectivity index (χ2v) is 10.5. The molecule has 0 spiro atoms. The van der Waals surface area contributed by atoms with Gasteiger partial charge in [-0.1, -0.05) is 24.3 Å². The van der Waals surface area contributed by atoms with Crippen molar-refractivity contribution < 1.29 is 33.7 Å². The van der Waals surface area contributed by atoms with Gasteiger partial charge in [-0.3, -0.25) is 9.59 Å². The van der Waals surface area contributed by atoms with E-state index < -0.39 is 30.3 Å². The number of rotatable bonds is 10. The molecule has 2 aliphatic rings. The predicted octanol–water partition coefficient (Wildman–Crippen LogP) is 2.60. The van der Waals surface area contributed by atoms with Crippen LogP contribution in [-0.4, -0.2) is 77.6 Å². The average Bonchev–Trinajstić information content (AvgIpc) is 3.45. The van der Waals surface area contributed by atoms with E-state index in [9.17, 15) is 24.2 Å². The number of nitrogens with zero attached hydrogens (tertiary/aromatic N) is 1. The first kappa shape index (κ1) is 28.5. The van der Waals surface area contributed by atoms with E-state index in [-0.39, 0.29) is 37.8 Å². The van der Waals surface area contributed by atoms with Gasteiger partial charge in [-0.05, 0) is 77.8 Å². The number of aliphatic hydroxyl groups excluding tert-OH is 2. The van der Waals surface area contributed by atoms with E-state index >= 15 is 0 Å². The number of carbonyl (C=O) groups excluding carboxylic acids is 2. The third-order valence-corrected chi connectivity index (χ3v) is 7.62. The maximum absolute atomic E-state index is 13.8. The van der Waals surface area contributed by atoms with E-state index in [0.29, 0.717) is 36.3 Å². The van der Waals surface area contributed by atoms with Crippen molar-refractivity contribution in [3.8, 4) is 5.75 Å². The van der Waals surface area contributed by atoms with E-state index in [1.54, 1.807) is 29.2 Å². The number of nitrogens with one attached hydrogen (secondary N) is 1. The van der Waals surface area contributed by atoms with Crippen LogP contribution in [0.2, 0.25) is 0 Å². The summed E-state index contributed by atoms with van der Waals surface area (Å²) in [5.74, 6) is -0.496. The Bertz CT molecular complexity index is 1160. The molecule has 0 saturated carbocycles. The van der Waals surface area contributed by atoms with Crippen molar-refractivity contribution in [3.05, 3.63) is 75.1 Å². The van der Waals surface area contributed by atoms with Gasteiger partial charge in [0.15, 0.2) is 0 Å². The summed E-state index contributed by atoms with van der Waals surface area (Å²) in [6.07, 6.45) is 0.670. The van der Waals surface area contributed by atoms with Gasteiger partial charge in [0.1, 0.15) is 29.9 Å². The van der Waals surface area contributed by atoms with Crippen LogP contribution in [0.3, 0.4) is 0 Å².